The molecule has 0 aliphatic carbocycles. The van der Waals surface area contributed by atoms with E-state index in [1.54, 1.807) is 0 Å². The fraction of sp³-hybridized carbons (Fsp3) is 0.571. The standard InChI is InChI=1S/C5H7NO2S.C2H5NO/c7-5(8)4-3(9)1-2-6-4;1-2(3)4/h4,6H,1-2H2,(H,7,8);1H3,(H2,3,4)/t4-;/m0./s1. The van der Waals surface area contributed by atoms with Crippen LogP contribution in [0.5, 0.6) is 0 Å². The Balaban J connectivity index is 0.000000310. The topological polar surface area (TPSA) is 92.4 Å². The highest BCUT2D eigenvalue weighted by Gasteiger charge is 2.26. The number of primary amides is 1. The van der Waals surface area contributed by atoms with E-state index in [4.69, 9.17) is 17.3 Å². The van der Waals surface area contributed by atoms with Gasteiger partial charge in [-0.1, -0.05) is 12.2 Å². The Morgan fingerprint density at radius 2 is 2.15 bits per heavy atom. The first-order valence-electron chi connectivity index (χ1n) is 3.70. The Labute approximate surface area is 81.3 Å². The van der Waals surface area contributed by atoms with Crippen LogP contribution in [0, 0.1) is 0 Å². The number of nitrogens with two attached hydrogens (primary N) is 1. The van der Waals surface area contributed by atoms with E-state index in [2.05, 4.69) is 11.1 Å². The van der Waals surface area contributed by atoms with Crippen molar-refractivity contribution in [2.24, 2.45) is 5.73 Å². The van der Waals surface area contributed by atoms with Crippen LogP contribution in [0.1, 0.15) is 13.3 Å². The minimum Gasteiger partial charge on any atom is -0.480 e. The quantitative estimate of drug-likeness (QED) is 0.491. The Morgan fingerprint density at radius 3 is 2.31 bits per heavy atom. The van der Waals surface area contributed by atoms with Gasteiger partial charge in [0.25, 0.3) is 0 Å². The zero-order valence-corrected chi connectivity index (χ0v) is 8.06. The Hall–Kier alpha value is -1.01. The molecule has 0 aromatic carbocycles. The SMILES string of the molecule is CC(N)=O.O=C(O)[C@H]1NCCC1=S. The lowest BCUT2D eigenvalue weighted by Crippen LogP contribution is -2.34. The van der Waals surface area contributed by atoms with E-state index in [1.807, 2.05) is 0 Å². The van der Waals surface area contributed by atoms with Crippen molar-refractivity contribution in [3.05, 3.63) is 0 Å². The van der Waals surface area contributed by atoms with Gasteiger partial charge >= 0.3 is 5.97 Å². The minimum atomic E-state index is -0.863. The van der Waals surface area contributed by atoms with Crippen molar-refractivity contribution in [3.8, 4) is 0 Å². The lowest BCUT2D eigenvalue weighted by atomic mass is 10.2. The molecule has 6 heteroatoms. The van der Waals surface area contributed by atoms with Gasteiger partial charge in [-0.15, -0.1) is 0 Å². The van der Waals surface area contributed by atoms with Crippen molar-refractivity contribution < 1.29 is 14.7 Å². The molecule has 1 aliphatic rings. The molecule has 1 aliphatic heterocycles. The summed E-state index contributed by atoms with van der Waals surface area (Å²) in [6.07, 6.45) is 0.715. The third-order valence-corrected chi connectivity index (χ3v) is 1.73. The van der Waals surface area contributed by atoms with Gasteiger partial charge in [0, 0.05) is 18.3 Å². The van der Waals surface area contributed by atoms with Crippen LogP contribution in [0.15, 0.2) is 0 Å². The first-order chi connectivity index (χ1) is 5.95. The second-order valence-corrected chi connectivity index (χ2v) is 3.08. The molecule has 0 saturated carbocycles. The van der Waals surface area contributed by atoms with E-state index in [0.29, 0.717) is 17.8 Å². The van der Waals surface area contributed by atoms with Gasteiger partial charge in [-0.05, 0) is 6.42 Å². The zero-order valence-electron chi connectivity index (χ0n) is 7.24. The molecule has 1 rings (SSSR count). The summed E-state index contributed by atoms with van der Waals surface area (Å²) in [5.74, 6) is -1.20. The fourth-order valence-corrected chi connectivity index (χ4v) is 1.11. The van der Waals surface area contributed by atoms with Crippen LogP contribution in [0.4, 0.5) is 0 Å². The largest absolute Gasteiger partial charge is 0.480 e. The van der Waals surface area contributed by atoms with E-state index in [-0.39, 0.29) is 5.91 Å². The number of rotatable bonds is 1. The van der Waals surface area contributed by atoms with Crippen molar-refractivity contribution in [2.45, 2.75) is 19.4 Å². The maximum absolute atomic E-state index is 10.3. The number of carboxylic acid groups (broad SMARTS) is 1. The summed E-state index contributed by atoms with van der Waals surface area (Å²) in [6.45, 7) is 2.01. The van der Waals surface area contributed by atoms with Crippen LogP contribution in [-0.4, -0.2) is 34.4 Å². The van der Waals surface area contributed by atoms with Crippen LogP contribution in [0.3, 0.4) is 0 Å². The lowest BCUT2D eigenvalue weighted by Gasteiger charge is -2.01. The third kappa shape index (κ3) is 5.26. The van der Waals surface area contributed by atoms with Crippen molar-refractivity contribution in [2.75, 3.05) is 6.54 Å². The fourth-order valence-electron chi connectivity index (χ4n) is 0.823. The number of carboxylic acids is 1. The highest BCUT2D eigenvalue weighted by atomic mass is 32.1. The Bertz CT molecular complexity index is 226. The molecule has 5 nitrogen and oxygen atoms in total. The monoisotopic (exact) mass is 204 g/mol. The molecular formula is C7H12N2O3S. The van der Waals surface area contributed by atoms with Crippen LogP contribution < -0.4 is 11.1 Å². The van der Waals surface area contributed by atoms with Crippen molar-refractivity contribution >= 4 is 29.0 Å². The number of thiocarbonyl (C=S) groups is 1. The van der Waals surface area contributed by atoms with E-state index in [1.165, 1.54) is 6.92 Å². The van der Waals surface area contributed by atoms with Crippen LogP contribution in [0.2, 0.25) is 0 Å². The minimum absolute atomic E-state index is 0.333. The normalized spacial score (nSPS) is 20.4. The van der Waals surface area contributed by atoms with E-state index >= 15 is 0 Å². The number of carbonyl (C=O) groups is 2. The molecule has 0 aromatic heterocycles. The molecule has 74 valence electrons. The number of aliphatic carboxylic acids is 1. The molecule has 1 heterocycles. The van der Waals surface area contributed by atoms with Gasteiger partial charge in [-0.2, -0.15) is 0 Å². The van der Waals surface area contributed by atoms with Gasteiger partial charge in [-0.25, -0.2) is 0 Å². The molecule has 1 saturated heterocycles. The molecule has 1 atom stereocenters. The molecule has 4 N–H and O–H groups in total. The second-order valence-electron chi connectivity index (χ2n) is 2.55. The molecular weight excluding hydrogens is 192 g/mol. The first-order valence-corrected chi connectivity index (χ1v) is 4.11. The van der Waals surface area contributed by atoms with Gasteiger partial charge in [0.15, 0.2) is 0 Å². The van der Waals surface area contributed by atoms with Crippen molar-refractivity contribution in [1.82, 2.24) is 5.32 Å². The molecule has 0 spiro atoms. The number of carbonyl (C=O) groups excluding carboxylic acids is 1. The van der Waals surface area contributed by atoms with Gasteiger partial charge in [0.2, 0.25) is 5.91 Å². The van der Waals surface area contributed by atoms with Crippen LogP contribution in [0.25, 0.3) is 0 Å². The smallest absolute Gasteiger partial charge is 0.325 e. The molecule has 0 aromatic rings. The Kier molecular flexibility index (Phi) is 5.17. The first kappa shape index (κ1) is 12.0. The highest BCUT2D eigenvalue weighted by molar-refractivity contribution is 7.80. The molecule has 13 heavy (non-hydrogen) atoms. The van der Waals surface area contributed by atoms with Crippen molar-refractivity contribution in [1.29, 1.82) is 0 Å². The van der Waals surface area contributed by atoms with Gasteiger partial charge in [0.05, 0.1) is 0 Å². The van der Waals surface area contributed by atoms with E-state index in [9.17, 15) is 9.59 Å². The lowest BCUT2D eigenvalue weighted by molar-refractivity contribution is -0.137. The summed E-state index contributed by atoms with van der Waals surface area (Å²) in [5, 5.41) is 11.2. The van der Waals surface area contributed by atoms with Gasteiger partial charge in [-0.3, -0.25) is 14.9 Å². The average molecular weight is 204 g/mol. The van der Waals surface area contributed by atoms with Crippen LogP contribution in [-0.2, 0) is 9.59 Å². The predicted octanol–water partition coefficient (Wildman–Crippen LogP) is -0.706. The molecule has 0 bridgehead atoms. The summed E-state index contributed by atoms with van der Waals surface area (Å²) in [6, 6.07) is -0.569. The molecule has 1 fully saturated rings. The van der Waals surface area contributed by atoms with Gasteiger partial charge in [0.1, 0.15) is 6.04 Å². The summed E-state index contributed by atoms with van der Waals surface area (Å²) in [7, 11) is 0. The molecule has 0 unspecified atom stereocenters. The zero-order chi connectivity index (χ0) is 10.4. The summed E-state index contributed by atoms with van der Waals surface area (Å²) >= 11 is 4.77. The molecule has 1 amide bonds. The van der Waals surface area contributed by atoms with E-state index < -0.39 is 12.0 Å². The summed E-state index contributed by atoms with van der Waals surface area (Å²) < 4.78 is 0. The van der Waals surface area contributed by atoms with Crippen molar-refractivity contribution in [3.63, 3.8) is 0 Å². The number of amides is 1. The number of hydrogen-bond acceptors (Lipinski definition) is 4. The highest BCUT2D eigenvalue weighted by Crippen LogP contribution is 2.02. The number of hydrogen-bond donors (Lipinski definition) is 3. The summed E-state index contributed by atoms with van der Waals surface area (Å²) in [5.41, 5.74) is 4.47. The average Bonchev–Trinajstić information content (AvgIpc) is 2.33. The molecule has 0 radical (unpaired) electrons. The van der Waals surface area contributed by atoms with Crippen LogP contribution >= 0.6 is 12.2 Å². The summed E-state index contributed by atoms with van der Waals surface area (Å²) in [4.78, 5) is 20.1. The third-order valence-electron chi connectivity index (χ3n) is 1.29. The Morgan fingerprint density at radius 1 is 1.69 bits per heavy atom. The van der Waals surface area contributed by atoms with E-state index in [0.717, 1.165) is 0 Å². The number of nitrogens with one attached hydrogen (secondary N) is 1. The maximum atomic E-state index is 10.3. The second kappa shape index (κ2) is 5.60. The maximum Gasteiger partial charge on any atom is 0.325 e. The van der Waals surface area contributed by atoms with Gasteiger partial charge < -0.3 is 10.8 Å². The predicted molar refractivity (Wildman–Crippen MR) is 51.5 cm³/mol.